The maximum absolute atomic E-state index is 13.2. The van der Waals surface area contributed by atoms with Gasteiger partial charge in [-0.2, -0.15) is 0 Å². The number of halogens is 2. The predicted molar refractivity (Wildman–Crippen MR) is 72.9 cm³/mol. The molecule has 1 aromatic carbocycles. The molecule has 106 valence electrons. The van der Waals surface area contributed by atoms with Gasteiger partial charge in [0.15, 0.2) is 0 Å². The van der Waals surface area contributed by atoms with Crippen molar-refractivity contribution in [3.05, 3.63) is 35.6 Å². The number of likely N-dealkylation sites (N-methyl/N-ethyl adjacent to an activating group) is 1. The van der Waals surface area contributed by atoms with Crippen LogP contribution in [0.4, 0.5) is 4.39 Å². The molecule has 1 rings (SSSR count). The Bertz CT molecular complexity index is 429. The van der Waals surface area contributed by atoms with E-state index in [0.29, 0.717) is 6.54 Å². The molecule has 0 saturated carbocycles. The lowest BCUT2D eigenvalue weighted by atomic mass is 10.2. The topological polar surface area (TPSA) is 70.2 Å². The fraction of sp³-hybridized carbons (Fsp3) is 0.333. The molecular weight excluding hydrogens is 273 g/mol. The van der Waals surface area contributed by atoms with E-state index in [1.165, 1.54) is 18.2 Å². The molecule has 0 aromatic heterocycles. The number of amides is 2. The van der Waals surface area contributed by atoms with E-state index in [9.17, 15) is 14.0 Å². The lowest BCUT2D eigenvalue weighted by molar-refractivity contribution is -0.120. The van der Waals surface area contributed by atoms with Crippen LogP contribution in [0.5, 0.6) is 0 Å². The molecule has 2 amide bonds. The molecule has 0 spiro atoms. The molecule has 0 aliphatic carbocycles. The van der Waals surface area contributed by atoms with Crippen LogP contribution in [0.25, 0.3) is 0 Å². The van der Waals surface area contributed by atoms with Gasteiger partial charge in [-0.25, -0.2) is 4.39 Å². The Labute approximate surface area is 117 Å². The second kappa shape index (κ2) is 9.29. The first-order valence-electron chi connectivity index (χ1n) is 5.59. The van der Waals surface area contributed by atoms with Gasteiger partial charge >= 0.3 is 0 Å². The molecule has 0 fully saturated rings. The largest absolute Gasteiger partial charge is 0.353 e. The number of carbonyl (C=O) groups is 2. The van der Waals surface area contributed by atoms with Gasteiger partial charge < -0.3 is 16.0 Å². The second-order valence-corrected chi connectivity index (χ2v) is 3.62. The minimum absolute atomic E-state index is 0. The molecule has 0 atom stereocenters. The van der Waals surface area contributed by atoms with E-state index in [-0.39, 0.29) is 37.0 Å². The molecule has 0 bridgehead atoms. The van der Waals surface area contributed by atoms with Crippen LogP contribution in [0.15, 0.2) is 24.3 Å². The monoisotopic (exact) mass is 289 g/mol. The number of nitrogens with one attached hydrogen (secondary N) is 3. The van der Waals surface area contributed by atoms with Crippen molar-refractivity contribution in [1.29, 1.82) is 0 Å². The Morgan fingerprint density at radius 3 is 2.42 bits per heavy atom. The van der Waals surface area contributed by atoms with E-state index in [0.717, 1.165) is 0 Å². The Hall–Kier alpha value is -1.66. The molecule has 5 nitrogen and oxygen atoms in total. The highest BCUT2D eigenvalue weighted by molar-refractivity contribution is 5.94. The van der Waals surface area contributed by atoms with Crippen LogP contribution < -0.4 is 16.0 Å². The summed E-state index contributed by atoms with van der Waals surface area (Å²) >= 11 is 0. The van der Waals surface area contributed by atoms with Gasteiger partial charge in [0.25, 0.3) is 5.91 Å². The molecule has 0 saturated heterocycles. The molecule has 19 heavy (non-hydrogen) atoms. The molecule has 0 unspecified atom stereocenters. The maximum Gasteiger partial charge on any atom is 0.254 e. The normalized spacial score (nSPS) is 9.37. The summed E-state index contributed by atoms with van der Waals surface area (Å²) in [5, 5.41) is 7.82. The van der Waals surface area contributed by atoms with E-state index in [2.05, 4.69) is 16.0 Å². The summed E-state index contributed by atoms with van der Waals surface area (Å²) in [4.78, 5) is 22.6. The zero-order valence-corrected chi connectivity index (χ0v) is 11.3. The Morgan fingerprint density at radius 1 is 1.16 bits per heavy atom. The van der Waals surface area contributed by atoms with Gasteiger partial charge in [-0.3, -0.25) is 9.59 Å². The minimum atomic E-state index is -0.561. The zero-order chi connectivity index (χ0) is 13.4. The van der Waals surface area contributed by atoms with Crippen LogP contribution in [0.2, 0.25) is 0 Å². The van der Waals surface area contributed by atoms with Gasteiger partial charge in [-0.15, -0.1) is 12.4 Å². The van der Waals surface area contributed by atoms with E-state index < -0.39 is 11.7 Å². The van der Waals surface area contributed by atoms with Gasteiger partial charge in [0.1, 0.15) is 5.82 Å². The fourth-order valence-corrected chi connectivity index (χ4v) is 1.34. The number of benzene rings is 1. The predicted octanol–water partition coefficient (Wildman–Crippen LogP) is 0.313. The second-order valence-electron chi connectivity index (χ2n) is 3.62. The van der Waals surface area contributed by atoms with Crippen LogP contribution in [0.1, 0.15) is 10.4 Å². The minimum Gasteiger partial charge on any atom is -0.353 e. The van der Waals surface area contributed by atoms with Gasteiger partial charge in [-0.05, 0) is 19.2 Å². The molecule has 0 heterocycles. The van der Waals surface area contributed by atoms with Crippen LogP contribution >= 0.6 is 12.4 Å². The smallest absolute Gasteiger partial charge is 0.254 e. The highest BCUT2D eigenvalue weighted by Gasteiger charge is 2.09. The standard InChI is InChI=1S/C12H16FN3O2.ClH/c1-14-8-11(17)15-6-7-16-12(18)9-4-2-3-5-10(9)13;/h2-5,14H,6-8H2,1H3,(H,15,17)(H,16,18);1H. The molecule has 0 aliphatic rings. The van der Waals surface area contributed by atoms with Crippen molar-refractivity contribution < 1.29 is 14.0 Å². The third kappa shape index (κ3) is 6.17. The van der Waals surface area contributed by atoms with Crippen molar-refractivity contribution in [2.45, 2.75) is 0 Å². The summed E-state index contributed by atoms with van der Waals surface area (Å²) in [5.74, 6) is -1.21. The zero-order valence-electron chi connectivity index (χ0n) is 10.5. The van der Waals surface area contributed by atoms with Crippen molar-refractivity contribution in [2.75, 3.05) is 26.7 Å². The molecule has 3 N–H and O–H groups in total. The highest BCUT2D eigenvalue weighted by Crippen LogP contribution is 2.05. The summed E-state index contributed by atoms with van der Waals surface area (Å²) in [6.45, 7) is 0.782. The average Bonchev–Trinajstić information content (AvgIpc) is 2.35. The fourth-order valence-electron chi connectivity index (χ4n) is 1.34. The number of carbonyl (C=O) groups excluding carboxylic acids is 2. The van der Waals surface area contributed by atoms with Gasteiger partial charge in [-0.1, -0.05) is 12.1 Å². The molecule has 0 aliphatic heterocycles. The van der Waals surface area contributed by atoms with E-state index in [4.69, 9.17) is 0 Å². The first-order chi connectivity index (χ1) is 8.65. The van der Waals surface area contributed by atoms with Gasteiger partial charge in [0, 0.05) is 13.1 Å². The molecular formula is C12H17ClFN3O2. The number of hydrogen-bond acceptors (Lipinski definition) is 3. The van der Waals surface area contributed by atoms with E-state index in [1.54, 1.807) is 13.1 Å². The highest BCUT2D eigenvalue weighted by atomic mass is 35.5. The Morgan fingerprint density at radius 2 is 1.79 bits per heavy atom. The average molecular weight is 290 g/mol. The molecule has 7 heteroatoms. The van der Waals surface area contributed by atoms with E-state index in [1.807, 2.05) is 0 Å². The van der Waals surface area contributed by atoms with Crippen LogP contribution in [-0.4, -0.2) is 38.5 Å². The Kier molecular flexibility index (Phi) is 8.48. The van der Waals surface area contributed by atoms with Gasteiger partial charge in [0.05, 0.1) is 12.1 Å². The van der Waals surface area contributed by atoms with Crippen LogP contribution in [0.3, 0.4) is 0 Å². The van der Waals surface area contributed by atoms with Crippen molar-refractivity contribution >= 4 is 24.2 Å². The Balaban J connectivity index is 0.00000324. The van der Waals surface area contributed by atoms with Gasteiger partial charge in [0.2, 0.25) is 5.91 Å². The number of rotatable bonds is 6. The quantitative estimate of drug-likeness (QED) is 0.660. The van der Waals surface area contributed by atoms with Crippen molar-refractivity contribution in [1.82, 2.24) is 16.0 Å². The van der Waals surface area contributed by atoms with Crippen molar-refractivity contribution in [2.24, 2.45) is 0 Å². The lowest BCUT2D eigenvalue weighted by Crippen LogP contribution is -2.38. The maximum atomic E-state index is 13.2. The summed E-state index contributed by atoms with van der Waals surface area (Å²) in [7, 11) is 1.67. The van der Waals surface area contributed by atoms with Crippen molar-refractivity contribution in [3.63, 3.8) is 0 Å². The molecule has 1 aromatic rings. The van der Waals surface area contributed by atoms with E-state index >= 15 is 0 Å². The summed E-state index contributed by atoms with van der Waals surface area (Å²) in [6.07, 6.45) is 0. The summed E-state index contributed by atoms with van der Waals surface area (Å²) < 4.78 is 13.2. The van der Waals surface area contributed by atoms with Crippen LogP contribution in [-0.2, 0) is 4.79 Å². The summed E-state index contributed by atoms with van der Waals surface area (Å²) in [6, 6.07) is 5.74. The van der Waals surface area contributed by atoms with Crippen molar-refractivity contribution in [3.8, 4) is 0 Å². The first-order valence-corrected chi connectivity index (χ1v) is 5.59. The third-order valence-electron chi connectivity index (χ3n) is 2.19. The first kappa shape index (κ1) is 17.3. The summed E-state index contributed by atoms with van der Waals surface area (Å²) in [5.41, 5.74) is -0.000878. The molecule has 0 radical (unpaired) electrons. The lowest BCUT2D eigenvalue weighted by Gasteiger charge is -2.07. The van der Waals surface area contributed by atoms with Crippen LogP contribution in [0, 0.1) is 5.82 Å². The number of hydrogen-bond donors (Lipinski definition) is 3. The SMILES string of the molecule is CNCC(=O)NCCNC(=O)c1ccccc1F.Cl. The third-order valence-corrected chi connectivity index (χ3v) is 2.19.